The summed E-state index contributed by atoms with van der Waals surface area (Å²) < 4.78 is 11.3. The van der Waals surface area contributed by atoms with Gasteiger partial charge in [-0.15, -0.1) is 0 Å². The number of hydrogen-bond donors (Lipinski definition) is 2. The minimum atomic E-state index is -0.190. The maximum atomic E-state index is 8.92. The molecule has 0 aliphatic rings. The Morgan fingerprint density at radius 3 is 2.33 bits per heavy atom. The van der Waals surface area contributed by atoms with Gasteiger partial charge in [0, 0.05) is 12.6 Å². The van der Waals surface area contributed by atoms with E-state index >= 15 is 0 Å². The molecule has 3 N–H and O–H groups in total. The summed E-state index contributed by atoms with van der Waals surface area (Å²) in [6, 6.07) is 13.1. The quantitative estimate of drug-likeness (QED) is 0.857. The maximum Gasteiger partial charge on any atom is 0.135 e. The van der Waals surface area contributed by atoms with Crippen LogP contribution >= 0.6 is 0 Å². The van der Waals surface area contributed by atoms with Crippen LogP contribution in [-0.4, -0.2) is 18.8 Å². The Labute approximate surface area is 125 Å². The number of rotatable bonds is 6. The van der Waals surface area contributed by atoms with E-state index in [1.165, 1.54) is 0 Å². The molecule has 21 heavy (non-hydrogen) atoms. The largest absolute Gasteiger partial charge is 0.496 e. The average Bonchev–Trinajstić information content (AvgIpc) is 2.49. The van der Waals surface area contributed by atoms with Crippen molar-refractivity contribution in [3.8, 4) is 17.2 Å². The summed E-state index contributed by atoms with van der Waals surface area (Å²) in [5, 5.41) is 8.92. The Hall–Kier alpha value is -2.04. The third-order valence-corrected chi connectivity index (χ3v) is 3.25. The van der Waals surface area contributed by atoms with Crippen molar-refractivity contribution < 1.29 is 14.6 Å². The fourth-order valence-corrected chi connectivity index (χ4v) is 2.22. The first-order valence-corrected chi connectivity index (χ1v) is 6.96. The van der Waals surface area contributed by atoms with Crippen molar-refractivity contribution in [3.05, 3.63) is 53.6 Å². The van der Waals surface area contributed by atoms with Crippen LogP contribution in [0.2, 0.25) is 0 Å². The zero-order chi connectivity index (χ0) is 15.2. The van der Waals surface area contributed by atoms with Crippen molar-refractivity contribution in [2.75, 3.05) is 13.7 Å². The Balaban J connectivity index is 2.26. The summed E-state index contributed by atoms with van der Waals surface area (Å²) in [5.41, 5.74) is 7.94. The zero-order valence-corrected chi connectivity index (χ0v) is 12.4. The summed E-state index contributed by atoms with van der Waals surface area (Å²) in [6.07, 6.45) is 0.643. The van der Waals surface area contributed by atoms with Crippen molar-refractivity contribution in [2.45, 2.75) is 19.4 Å². The van der Waals surface area contributed by atoms with Gasteiger partial charge in [-0.25, -0.2) is 0 Å². The predicted molar refractivity (Wildman–Crippen MR) is 82.9 cm³/mol. The molecule has 0 heterocycles. The lowest BCUT2D eigenvalue weighted by atomic mass is 10.1. The SMILES string of the molecule is COc1cccc(Oc2ccc(CCO)cc2)c1C(C)N. The van der Waals surface area contributed by atoms with Gasteiger partial charge >= 0.3 is 0 Å². The van der Waals surface area contributed by atoms with Crippen LogP contribution in [0.15, 0.2) is 42.5 Å². The van der Waals surface area contributed by atoms with Gasteiger partial charge in [0.1, 0.15) is 17.2 Å². The Morgan fingerprint density at radius 2 is 1.76 bits per heavy atom. The lowest BCUT2D eigenvalue weighted by Crippen LogP contribution is -2.08. The monoisotopic (exact) mass is 287 g/mol. The van der Waals surface area contributed by atoms with E-state index in [0.717, 1.165) is 22.6 Å². The zero-order valence-electron chi connectivity index (χ0n) is 12.4. The van der Waals surface area contributed by atoms with Crippen molar-refractivity contribution in [1.82, 2.24) is 0 Å². The Kier molecular flexibility index (Phi) is 5.20. The molecule has 2 rings (SSSR count). The van der Waals surface area contributed by atoms with Crippen molar-refractivity contribution >= 4 is 0 Å². The number of aliphatic hydroxyl groups excluding tert-OH is 1. The molecule has 0 aliphatic heterocycles. The fraction of sp³-hybridized carbons (Fsp3) is 0.294. The van der Waals surface area contributed by atoms with Crippen LogP contribution in [0.4, 0.5) is 0 Å². The van der Waals surface area contributed by atoms with E-state index in [1.54, 1.807) is 7.11 Å². The van der Waals surface area contributed by atoms with E-state index in [-0.39, 0.29) is 12.6 Å². The maximum absolute atomic E-state index is 8.92. The smallest absolute Gasteiger partial charge is 0.135 e. The molecular weight excluding hydrogens is 266 g/mol. The second-order valence-electron chi connectivity index (χ2n) is 4.88. The van der Waals surface area contributed by atoms with Crippen LogP contribution in [0.25, 0.3) is 0 Å². The molecule has 1 unspecified atom stereocenters. The van der Waals surface area contributed by atoms with Crippen LogP contribution in [-0.2, 0) is 6.42 Å². The molecule has 112 valence electrons. The lowest BCUT2D eigenvalue weighted by Gasteiger charge is -2.17. The first-order valence-electron chi connectivity index (χ1n) is 6.96. The molecule has 2 aromatic rings. The first kappa shape index (κ1) is 15.4. The van der Waals surface area contributed by atoms with E-state index in [9.17, 15) is 0 Å². The van der Waals surface area contributed by atoms with Crippen LogP contribution in [0.3, 0.4) is 0 Å². The van der Waals surface area contributed by atoms with Gasteiger partial charge in [0.15, 0.2) is 0 Å². The van der Waals surface area contributed by atoms with Crippen LogP contribution in [0.5, 0.6) is 17.2 Å². The molecule has 0 bridgehead atoms. The van der Waals surface area contributed by atoms with Crippen molar-refractivity contribution in [3.63, 3.8) is 0 Å². The van der Waals surface area contributed by atoms with Gasteiger partial charge in [0.2, 0.25) is 0 Å². The van der Waals surface area contributed by atoms with Gasteiger partial charge in [-0.05, 0) is 43.2 Å². The van der Waals surface area contributed by atoms with E-state index in [0.29, 0.717) is 12.2 Å². The molecule has 4 nitrogen and oxygen atoms in total. The number of hydrogen-bond acceptors (Lipinski definition) is 4. The van der Waals surface area contributed by atoms with E-state index < -0.39 is 0 Å². The molecule has 0 spiro atoms. The molecule has 4 heteroatoms. The van der Waals surface area contributed by atoms with Gasteiger partial charge < -0.3 is 20.3 Å². The summed E-state index contributed by atoms with van der Waals surface area (Å²) >= 11 is 0. The predicted octanol–water partition coefficient (Wildman–Crippen LogP) is 3.04. The minimum absolute atomic E-state index is 0.144. The van der Waals surface area contributed by atoms with Gasteiger partial charge in [-0.2, -0.15) is 0 Å². The second kappa shape index (κ2) is 7.11. The topological polar surface area (TPSA) is 64.7 Å². The minimum Gasteiger partial charge on any atom is -0.496 e. The lowest BCUT2D eigenvalue weighted by molar-refractivity contribution is 0.299. The van der Waals surface area contributed by atoms with E-state index in [1.807, 2.05) is 49.4 Å². The normalized spacial score (nSPS) is 12.0. The standard InChI is InChI=1S/C17H21NO3/c1-12(18)17-15(20-2)4-3-5-16(17)21-14-8-6-13(7-9-14)10-11-19/h3-9,12,19H,10-11,18H2,1-2H3. The summed E-state index contributed by atoms with van der Waals surface area (Å²) in [5.74, 6) is 2.14. The van der Waals surface area contributed by atoms with Gasteiger partial charge in [-0.1, -0.05) is 18.2 Å². The molecule has 0 aromatic heterocycles. The molecule has 0 saturated carbocycles. The fourth-order valence-electron chi connectivity index (χ4n) is 2.22. The number of benzene rings is 2. The number of aliphatic hydroxyl groups is 1. The molecule has 0 radical (unpaired) electrons. The number of ether oxygens (including phenoxy) is 2. The molecule has 0 amide bonds. The Bertz CT molecular complexity index is 579. The third-order valence-electron chi connectivity index (χ3n) is 3.25. The molecule has 0 fully saturated rings. The summed E-state index contributed by atoms with van der Waals surface area (Å²) in [4.78, 5) is 0. The number of methoxy groups -OCH3 is 1. The molecular formula is C17H21NO3. The number of nitrogens with two attached hydrogens (primary N) is 1. The van der Waals surface area contributed by atoms with Gasteiger partial charge in [-0.3, -0.25) is 0 Å². The highest BCUT2D eigenvalue weighted by molar-refractivity contribution is 5.48. The average molecular weight is 287 g/mol. The molecule has 0 aliphatic carbocycles. The van der Waals surface area contributed by atoms with Gasteiger partial charge in [0.05, 0.1) is 12.7 Å². The highest BCUT2D eigenvalue weighted by atomic mass is 16.5. The van der Waals surface area contributed by atoms with E-state index in [4.69, 9.17) is 20.3 Å². The van der Waals surface area contributed by atoms with Crippen molar-refractivity contribution in [2.24, 2.45) is 5.73 Å². The Morgan fingerprint density at radius 1 is 1.10 bits per heavy atom. The summed E-state index contributed by atoms with van der Waals surface area (Å²) in [7, 11) is 1.62. The molecule has 1 atom stereocenters. The highest BCUT2D eigenvalue weighted by Gasteiger charge is 2.14. The van der Waals surface area contributed by atoms with Crippen LogP contribution in [0, 0.1) is 0 Å². The summed E-state index contributed by atoms with van der Waals surface area (Å²) in [6.45, 7) is 2.04. The van der Waals surface area contributed by atoms with Crippen LogP contribution in [0.1, 0.15) is 24.1 Å². The van der Waals surface area contributed by atoms with Gasteiger partial charge in [0.25, 0.3) is 0 Å². The molecule has 2 aromatic carbocycles. The third kappa shape index (κ3) is 3.74. The first-order chi connectivity index (χ1) is 10.2. The highest BCUT2D eigenvalue weighted by Crippen LogP contribution is 2.35. The molecule has 0 saturated heterocycles. The van der Waals surface area contributed by atoms with Crippen LogP contribution < -0.4 is 15.2 Å². The van der Waals surface area contributed by atoms with E-state index in [2.05, 4.69) is 0 Å². The second-order valence-corrected chi connectivity index (χ2v) is 4.88. The van der Waals surface area contributed by atoms with Crippen molar-refractivity contribution in [1.29, 1.82) is 0 Å².